The third-order valence-corrected chi connectivity index (χ3v) is 6.94. The fourth-order valence-electron chi connectivity index (χ4n) is 5.15. The van der Waals surface area contributed by atoms with Crippen LogP contribution in [0.2, 0.25) is 0 Å². The summed E-state index contributed by atoms with van der Waals surface area (Å²) in [6, 6.07) is 5.78. The van der Waals surface area contributed by atoms with E-state index in [1.54, 1.807) is 19.9 Å². The van der Waals surface area contributed by atoms with Gasteiger partial charge < -0.3 is 19.5 Å². The number of carbonyl (C=O) groups excluding carboxylic acids is 2. The summed E-state index contributed by atoms with van der Waals surface area (Å²) in [5.74, 6) is -2.02. The molecule has 1 aliphatic heterocycles. The van der Waals surface area contributed by atoms with E-state index < -0.39 is 30.3 Å². The molecule has 1 N–H and O–H groups in total. The summed E-state index contributed by atoms with van der Waals surface area (Å²) >= 11 is 0. The van der Waals surface area contributed by atoms with Crippen LogP contribution in [0.4, 0.5) is 19.0 Å². The second kappa shape index (κ2) is 13.6. The Kier molecular flexibility index (Phi) is 10.7. The first kappa shape index (κ1) is 32.9. The van der Waals surface area contributed by atoms with Gasteiger partial charge in [-0.05, 0) is 84.9 Å². The van der Waals surface area contributed by atoms with Crippen molar-refractivity contribution in [1.29, 1.82) is 0 Å². The Balaban J connectivity index is 2.13. The van der Waals surface area contributed by atoms with Gasteiger partial charge >= 0.3 is 18.6 Å². The summed E-state index contributed by atoms with van der Waals surface area (Å²) in [5.41, 5.74) is 2.43. The second-order valence-electron chi connectivity index (χ2n) is 12.3. The molecule has 2 atom stereocenters. The highest BCUT2D eigenvalue weighted by Crippen LogP contribution is 2.45. The van der Waals surface area contributed by atoms with E-state index in [9.17, 15) is 22.8 Å². The van der Waals surface area contributed by atoms with Crippen LogP contribution in [0.5, 0.6) is 5.75 Å². The van der Waals surface area contributed by atoms with Crippen molar-refractivity contribution < 1.29 is 37.0 Å². The van der Waals surface area contributed by atoms with Gasteiger partial charge in [-0.2, -0.15) is 8.78 Å². The molecule has 0 radical (unpaired) electrons. The lowest BCUT2D eigenvalue weighted by Gasteiger charge is -2.25. The minimum Gasteiger partial charge on any atom is -0.453 e. The lowest BCUT2D eigenvalue weighted by atomic mass is 9.79. The highest BCUT2D eigenvalue weighted by molar-refractivity contribution is 6.25. The number of nitrogens with one attached hydrogen (secondary N) is 1. The standard InChI is InChI=1S/C32H41F3N2O5/c1-9-20(12-17(2)3)27-21-10-11-25(36-16-40-26(38)15-32(6,7)8)37-29(21)19(5)41-30(39)28(27)22-14-23(33)24(13-18(22)4)42-31(34)35/h10-11,13-14,17,19-20,31H,9,12,15-16H2,1-8H3,(H,36,37). The van der Waals surface area contributed by atoms with Crippen LogP contribution in [0.25, 0.3) is 11.1 Å². The van der Waals surface area contributed by atoms with Crippen molar-refractivity contribution in [2.75, 3.05) is 12.0 Å². The first-order valence-electron chi connectivity index (χ1n) is 14.2. The molecule has 2 unspecified atom stereocenters. The quantitative estimate of drug-likeness (QED) is 0.209. The number of halogens is 3. The lowest BCUT2D eigenvalue weighted by molar-refractivity contribution is -0.145. The van der Waals surface area contributed by atoms with Gasteiger partial charge in [0.1, 0.15) is 11.9 Å². The van der Waals surface area contributed by atoms with E-state index in [0.717, 1.165) is 12.5 Å². The summed E-state index contributed by atoms with van der Waals surface area (Å²) < 4.78 is 56.2. The molecule has 2 heterocycles. The Bertz CT molecular complexity index is 1330. The maximum atomic E-state index is 15.0. The fourth-order valence-corrected chi connectivity index (χ4v) is 5.15. The molecule has 3 rings (SSSR count). The number of alkyl halides is 2. The highest BCUT2D eigenvalue weighted by atomic mass is 19.3. The van der Waals surface area contributed by atoms with Crippen LogP contribution >= 0.6 is 0 Å². The van der Waals surface area contributed by atoms with Gasteiger partial charge in [-0.1, -0.05) is 41.5 Å². The molecule has 0 aliphatic carbocycles. The number of pyridine rings is 1. The van der Waals surface area contributed by atoms with Gasteiger partial charge in [-0.15, -0.1) is 0 Å². The molecule has 0 amide bonds. The number of allylic oxidation sites excluding steroid dienone is 1. The average Bonchev–Trinajstić information content (AvgIpc) is 2.96. The molecule has 1 aromatic carbocycles. The van der Waals surface area contributed by atoms with Crippen molar-refractivity contribution in [2.45, 2.75) is 87.4 Å². The summed E-state index contributed by atoms with van der Waals surface area (Å²) in [5, 5.41) is 3.00. The van der Waals surface area contributed by atoms with Crippen LogP contribution in [0.3, 0.4) is 0 Å². The number of rotatable bonds is 11. The number of hydrogen-bond acceptors (Lipinski definition) is 7. The van der Waals surface area contributed by atoms with Gasteiger partial charge in [0.05, 0.1) is 17.7 Å². The molecular weight excluding hydrogens is 549 g/mol. The van der Waals surface area contributed by atoms with E-state index in [2.05, 4.69) is 23.9 Å². The topological polar surface area (TPSA) is 86.8 Å². The summed E-state index contributed by atoms with van der Waals surface area (Å²) in [7, 11) is 0. The molecular formula is C32H41F3N2O5. The largest absolute Gasteiger partial charge is 0.453 e. The molecule has 0 spiro atoms. The van der Waals surface area contributed by atoms with Gasteiger partial charge in [-0.25, -0.2) is 14.2 Å². The molecule has 42 heavy (non-hydrogen) atoms. The van der Waals surface area contributed by atoms with E-state index in [4.69, 9.17) is 14.5 Å². The molecule has 2 aromatic rings. The molecule has 7 nitrogen and oxygen atoms in total. The number of anilines is 1. The third kappa shape index (κ3) is 8.26. The predicted molar refractivity (Wildman–Crippen MR) is 155 cm³/mol. The average molecular weight is 591 g/mol. The number of benzene rings is 1. The summed E-state index contributed by atoms with van der Waals surface area (Å²) in [4.78, 5) is 30.6. The van der Waals surface area contributed by atoms with Crippen LogP contribution in [0.15, 0.2) is 24.3 Å². The van der Waals surface area contributed by atoms with Crippen LogP contribution in [0.1, 0.15) is 96.2 Å². The van der Waals surface area contributed by atoms with Crippen molar-refractivity contribution >= 4 is 28.9 Å². The maximum absolute atomic E-state index is 15.0. The minimum atomic E-state index is -3.19. The number of fused-ring (bicyclic) bond motifs is 1. The maximum Gasteiger partial charge on any atom is 0.387 e. The first-order chi connectivity index (χ1) is 19.6. The Morgan fingerprint density at radius 3 is 2.45 bits per heavy atom. The molecule has 10 heteroatoms. The number of ether oxygens (including phenoxy) is 3. The zero-order valence-corrected chi connectivity index (χ0v) is 25.6. The fraction of sp³-hybridized carbons (Fsp3) is 0.531. The monoisotopic (exact) mass is 590 g/mol. The minimum absolute atomic E-state index is 0.0841. The molecule has 0 saturated carbocycles. The van der Waals surface area contributed by atoms with E-state index in [1.807, 2.05) is 33.8 Å². The SMILES string of the molecule is CCC(CC(C)C)C1=C(c2cc(F)c(OC(F)F)cc2C)C(=O)OC(C)c2nc(NCOC(=O)CC(C)(C)C)ccc21. The molecule has 230 valence electrons. The van der Waals surface area contributed by atoms with Gasteiger partial charge in [0.15, 0.2) is 18.3 Å². The van der Waals surface area contributed by atoms with Crippen molar-refractivity contribution in [3.63, 3.8) is 0 Å². The number of esters is 2. The summed E-state index contributed by atoms with van der Waals surface area (Å²) in [6.07, 6.45) is 0.914. The van der Waals surface area contributed by atoms with E-state index in [0.29, 0.717) is 34.6 Å². The smallest absolute Gasteiger partial charge is 0.387 e. The summed E-state index contributed by atoms with van der Waals surface area (Å²) in [6.45, 7) is 12.0. The number of aryl methyl sites for hydroxylation is 1. The van der Waals surface area contributed by atoms with Crippen LogP contribution in [-0.2, 0) is 19.1 Å². The Labute approximate surface area is 245 Å². The number of aromatic nitrogens is 1. The Hall–Kier alpha value is -3.56. The number of cyclic esters (lactones) is 1. The normalized spacial score (nSPS) is 16.2. The number of hydrogen-bond donors (Lipinski definition) is 1. The second-order valence-corrected chi connectivity index (χ2v) is 12.3. The van der Waals surface area contributed by atoms with Gasteiger partial charge in [0.25, 0.3) is 0 Å². The Morgan fingerprint density at radius 2 is 1.86 bits per heavy atom. The first-order valence-corrected chi connectivity index (χ1v) is 14.2. The lowest BCUT2D eigenvalue weighted by Crippen LogP contribution is -2.19. The zero-order valence-electron chi connectivity index (χ0n) is 25.6. The highest BCUT2D eigenvalue weighted by Gasteiger charge is 2.35. The molecule has 1 aliphatic rings. The molecule has 0 fully saturated rings. The molecule has 0 bridgehead atoms. The van der Waals surface area contributed by atoms with Crippen LogP contribution in [-0.4, -0.2) is 30.3 Å². The Morgan fingerprint density at radius 1 is 1.17 bits per heavy atom. The van der Waals surface area contributed by atoms with Crippen molar-refractivity contribution in [1.82, 2.24) is 4.98 Å². The van der Waals surface area contributed by atoms with E-state index >= 15 is 0 Å². The van der Waals surface area contributed by atoms with Crippen molar-refractivity contribution in [2.24, 2.45) is 17.3 Å². The number of nitrogens with zero attached hydrogens (tertiary/aromatic N) is 1. The van der Waals surface area contributed by atoms with Crippen molar-refractivity contribution in [3.05, 3.63) is 52.5 Å². The van der Waals surface area contributed by atoms with Crippen molar-refractivity contribution in [3.8, 4) is 5.75 Å². The predicted octanol–water partition coefficient (Wildman–Crippen LogP) is 8.08. The zero-order chi connectivity index (χ0) is 31.4. The number of carbonyl (C=O) groups is 2. The molecule has 0 saturated heterocycles. The van der Waals surface area contributed by atoms with Crippen LogP contribution < -0.4 is 10.1 Å². The van der Waals surface area contributed by atoms with E-state index in [1.165, 1.54) is 6.07 Å². The van der Waals surface area contributed by atoms with Crippen LogP contribution in [0, 0.1) is 30.0 Å². The third-order valence-electron chi connectivity index (χ3n) is 6.94. The molecule has 1 aromatic heterocycles. The van der Waals surface area contributed by atoms with Gasteiger partial charge in [0, 0.05) is 5.56 Å². The van der Waals surface area contributed by atoms with E-state index in [-0.39, 0.29) is 47.5 Å². The van der Waals surface area contributed by atoms with Gasteiger partial charge in [0.2, 0.25) is 0 Å². The van der Waals surface area contributed by atoms with Gasteiger partial charge in [-0.3, -0.25) is 4.79 Å².